The van der Waals surface area contributed by atoms with Crippen LogP contribution >= 0.6 is 0 Å². The number of amides is 1. The highest BCUT2D eigenvalue weighted by molar-refractivity contribution is 5.96. The number of hydrogen-bond donors (Lipinski definition) is 1. The van der Waals surface area contributed by atoms with Gasteiger partial charge in [0.25, 0.3) is 0 Å². The molecule has 2 aromatic rings. The number of likely N-dealkylation sites (N-methyl/N-ethyl adjacent to an activating group) is 1. The molecule has 2 aromatic carbocycles. The summed E-state index contributed by atoms with van der Waals surface area (Å²) in [7, 11) is 5.15. The first-order chi connectivity index (χ1) is 13.3. The molecule has 150 valence electrons. The lowest BCUT2D eigenvalue weighted by Gasteiger charge is -2.24. The zero-order valence-electron chi connectivity index (χ0n) is 17.1. The number of benzene rings is 2. The third-order valence-corrected chi connectivity index (χ3v) is 4.80. The van der Waals surface area contributed by atoms with Crippen molar-refractivity contribution in [1.82, 2.24) is 4.90 Å². The average Bonchev–Trinajstić information content (AvgIpc) is 2.71. The van der Waals surface area contributed by atoms with Crippen molar-refractivity contribution in [3.05, 3.63) is 53.6 Å². The number of Topliss-reactive ketones (excluding diaryl/α,β-unsaturated/α-hetero) is 1. The fourth-order valence-electron chi connectivity index (χ4n) is 2.77. The van der Waals surface area contributed by atoms with Gasteiger partial charge in [-0.25, -0.2) is 0 Å². The molecule has 0 spiro atoms. The second-order valence-corrected chi connectivity index (χ2v) is 6.72. The summed E-state index contributed by atoms with van der Waals surface area (Å²) in [6.45, 7) is 4.10. The van der Waals surface area contributed by atoms with Crippen LogP contribution in [0.25, 0.3) is 0 Å². The van der Waals surface area contributed by atoms with E-state index in [0.29, 0.717) is 29.3 Å². The van der Waals surface area contributed by atoms with Gasteiger partial charge in [-0.05, 0) is 69.3 Å². The summed E-state index contributed by atoms with van der Waals surface area (Å²) in [6.07, 6.45) is 0.780. The number of carbonyl (C=O) groups is 2. The molecule has 0 unspecified atom stereocenters. The lowest BCUT2D eigenvalue weighted by molar-refractivity contribution is -0.120. The zero-order valence-corrected chi connectivity index (χ0v) is 17.1. The summed E-state index contributed by atoms with van der Waals surface area (Å²) < 4.78 is 10.6. The first-order valence-electron chi connectivity index (χ1n) is 9.18. The zero-order chi connectivity index (χ0) is 20.7. The fraction of sp³-hybridized carbons (Fsp3) is 0.364. The number of anilines is 1. The van der Waals surface area contributed by atoms with E-state index < -0.39 is 0 Å². The summed E-state index contributed by atoms with van der Waals surface area (Å²) in [5, 5.41) is 2.89. The molecule has 0 aliphatic heterocycles. The molecule has 0 aromatic heterocycles. The lowest BCUT2D eigenvalue weighted by atomic mass is 10.1. The van der Waals surface area contributed by atoms with Crippen LogP contribution in [0.5, 0.6) is 11.5 Å². The molecule has 0 bridgehead atoms. The van der Waals surface area contributed by atoms with Crippen LogP contribution in [-0.4, -0.2) is 50.4 Å². The van der Waals surface area contributed by atoms with Crippen molar-refractivity contribution in [3.8, 4) is 11.5 Å². The van der Waals surface area contributed by atoms with Crippen molar-refractivity contribution in [1.29, 1.82) is 0 Å². The van der Waals surface area contributed by atoms with Gasteiger partial charge < -0.3 is 14.8 Å². The maximum Gasteiger partial charge on any atom is 0.241 e. The number of nitrogens with zero attached hydrogens (tertiary/aromatic N) is 1. The van der Waals surface area contributed by atoms with Crippen LogP contribution < -0.4 is 14.8 Å². The molecular formula is C22H28N2O4. The first-order valence-corrected chi connectivity index (χ1v) is 9.18. The normalized spacial score (nSPS) is 11.8. The fourth-order valence-corrected chi connectivity index (χ4v) is 2.77. The van der Waals surface area contributed by atoms with Crippen LogP contribution in [0.1, 0.15) is 29.8 Å². The molecule has 0 saturated carbocycles. The summed E-state index contributed by atoms with van der Waals surface area (Å²) >= 11 is 0. The Morgan fingerprint density at radius 2 is 1.68 bits per heavy atom. The quantitative estimate of drug-likeness (QED) is 0.671. The topological polar surface area (TPSA) is 67.9 Å². The van der Waals surface area contributed by atoms with E-state index in [-0.39, 0.29) is 17.7 Å². The molecule has 0 aliphatic rings. The highest BCUT2D eigenvalue weighted by Gasteiger charge is 2.18. The molecule has 0 heterocycles. The standard InChI is InChI=1S/C22H28N2O4/c1-15(22(26)23-19-9-7-18(8-10-19)16(2)25)24(3)13-12-17-6-11-20(27-4)21(14-17)28-5/h6-11,14-15H,12-13H2,1-5H3,(H,23,26)/t15-/m1/s1. The van der Waals surface area contributed by atoms with Crippen molar-refractivity contribution in [2.45, 2.75) is 26.3 Å². The average molecular weight is 384 g/mol. The minimum Gasteiger partial charge on any atom is -0.493 e. The van der Waals surface area contributed by atoms with Gasteiger partial charge in [-0.2, -0.15) is 0 Å². The molecule has 0 fully saturated rings. The lowest BCUT2D eigenvalue weighted by Crippen LogP contribution is -2.40. The van der Waals surface area contributed by atoms with E-state index in [1.807, 2.05) is 37.1 Å². The maximum absolute atomic E-state index is 12.5. The van der Waals surface area contributed by atoms with E-state index in [1.54, 1.807) is 38.5 Å². The van der Waals surface area contributed by atoms with Crippen LogP contribution in [0, 0.1) is 0 Å². The van der Waals surface area contributed by atoms with Crippen molar-refractivity contribution in [3.63, 3.8) is 0 Å². The number of rotatable bonds is 9. The van der Waals surface area contributed by atoms with E-state index in [9.17, 15) is 9.59 Å². The van der Waals surface area contributed by atoms with Gasteiger partial charge in [0.05, 0.1) is 20.3 Å². The van der Waals surface area contributed by atoms with Gasteiger partial charge in [-0.1, -0.05) is 6.07 Å². The van der Waals surface area contributed by atoms with Gasteiger partial charge in [0.2, 0.25) is 5.91 Å². The van der Waals surface area contributed by atoms with Gasteiger partial charge in [0, 0.05) is 17.8 Å². The van der Waals surface area contributed by atoms with Crippen LogP contribution in [0.2, 0.25) is 0 Å². The van der Waals surface area contributed by atoms with Gasteiger partial charge in [0.1, 0.15) is 0 Å². The van der Waals surface area contributed by atoms with Crippen LogP contribution in [0.15, 0.2) is 42.5 Å². The van der Waals surface area contributed by atoms with Crippen molar-refractivity contribution in [2.75, 3.05) is 33.1 Å². The van der Waals surface area contributed by atoms with Crippen molar-refractivity contribution >= 4 is 17.4 Å². The smallest absolute Gasteiger partial charge is 0.241 e. The SMILES string of the molecule is COc1ccc(CCN(C)[C@H](C)C(=O)Nc2ccc(C(C)=O)cc2)cc1OC. The minimum absolute atomic E-state index is 0.00106. The molecular weight excluding hydrogens is 356 g/mol. The minimum atomic E-state index is -0.298. The Morgan fingerprint density at radius 1 is 1.04 bits per heavy atom. The molecule has 0 radical (unpaired) electrons. The summed E-state index contributed by atoms with van der Waals surface area (Å²) in [5.74, 6) is 1.30. The van der Waals surface area contributed by atoms with Crippen LogP contribution in [0.4, 0.5) is 5.69 Å². The number of nitrogens with one attached hydrogen (secondary N) is 1. The molecule has 6 nitrogen and oxygen atoms in total. The molecule has 1 N–H and O–H groups in total. The van der Waals surface area contributed by atoms with Gasteiger partial charge >= 0.3 is 0 Å². The summed E-state index contributed by atoms with van der Waals surface area (Å²) in [4.78, 5) is 25.8. The summed E-state index contributed by atoms with van der Waals surface area (Å²) in [6, 6.07) is 12.4. The van der Waals surface area contributed by atoms with Gasteiger partial charge in [-0.15, -0.1) is 0 Å². The number of carbonyl (C=O) groups excluding carboxylic acids is 2. The largest absolute Gasteiger partial charge is 0.493 e. The summed E-state index contributed by atoms with van der Waals surface area (Å²) in [5.41, 5.74) is 2.41. The predicted octanol–water partition coefficient (Wildman–Crippen LogP) is 3.41. The Balaban J connectivity index is 1.91. The monoisotopic (exact) mass is 384 g/mol. The van der Waals surface area contributed by atoms with E-state index in [0.717, 1.165) is 12.0 Å². The van der Waals surface area contributed by atoms with E-state index in [4.69, 9.17) is 9.47 Å². The molecule has 28 heavy (non-hydrogen) atoms. The van der Waals surface area contributed by atoms with Gasteiger partial charge in [0.15, 0.2) is 17.3 Å². The van der Waals surface area contributed by atoms with Crippen LogP contribution in [0.3, 0.4) is 0 Å². The van der Waals surface area contributed by atoms with Crippen LogP contribution in [-0.2, 0) is 11.2 Å². The second-order valence-electron chi connectivity index (χ2n) is 6.72. The highest BCUT2D eigenvalue weighted by atomic mass is 16.5. The Hall–Kier alpha value is -2.86. The third-order valence-electron chi connectivity index (χ3n) is 4.80. The Bertz CT molecular complexity index is 818. The predicted molar refractivity (Wildman–Crippen MR) is 110 cm³/mol. The van der Waals surface area contributed by atoms with Crippen molar-refractivity contribution in [2.24, 2.45) is 0 Å². The third kappa shape index (κ3) is 5.57. The Labute approximate surface area is 166 Å². The van der Waals surface area contributed by atoms with E-state index in [2.05, 4.69) is 5.32 Å². The number of methoxy groups -OCH3 is 2. The molecule has 1 amide bonds. The number of hydrogen-bond acceptors (Lipinski definition) is 5. The van der Waals surface area contributed by atoms with E-state index >= 15 is 0 Å². The molecule has 0 saturated heterocycles. The molecule has 0 aliphatic carbocycles. The molecule has 1 atom stereocenters. The van der Waals surface area contributed by atoms with E-state index in [1.165, 1.54) is 6.92 Å². The van der Waals surface area contributed by atoms with Crippen molar-refractivity contribution < 1.29 is 19.1 Å². The number of ether oxygens (including phenoxy) is 2. The maximum atomic E-state index is 12.5. The van der Waals surface area contributed by atoms with Gasteiger partial charge in [-0.3, -0.25) is 14.5 Å². The molecule has 6 heteroatoms. The molecule has 2 rings (SSSR count). The first kappa shape index (κ1) is 21.4. The highest BCUT2D eigenvalue weighted by Crippen LogP contribution is 2.27. The Kier molecular flexibility index (Phi) is 7.58. The second kappa shape index (κ2) is 9.90. The number of ketones is 1. The Morgan fingerprint density at radius 3 is 2.25 bits per heavy atom.